The summed E-state index contributed by atoms with van der Waals surface area (Å²) in [7, 11) is 0. The van der Waals surface area contributed by atoms with Gasteiger partial charge in [0.15, 0.2) is 18.9 Å². The molecule has 3 fully saturated rings. The van der Waals surface area contributed by atoms with Gasteiger partial charge in [-0.05, 0) is 96.3 Å². The average Bonchev–Trinajstić information content (AvgIpc) is 2.40. The van der Waals surface area contributed by atoms with Gasteiger partial charge in [0, 0.05) is 6.42 Å². The number of allylic oxidation sites excluding steroid dienone is 17. The molecule has 19 nitrogen and oxygen atoms in total. The van der Waals surface area contributed by atoms with E-state index in [9.17, 15) is 61.0 Å². The molecule has 3 aliphatic rings. The van der Waals surface area contributed by atoms with Crippen molar-refractivity contribution in [1.29, 1.82) is 0 Å². The lowest BCUT2D eigenvalue weighted by Crippen LogP contribution is -2.66. The van der Waals surface area contributed by atoms with Crippen molar-refractivity contribution >= 4 is 5.91 Å². The number of rotatable bonds is 47. The van der Waals surface area contributed by atoms with Gasteiger partial charge in [-0.2, -0.15) is 0 Å². The van der Waals surface area contributed by atoms with Gasteiger partial charge in [0.1, 0.15) is 73.2 Å². The summed E-state index contributed by atoms with van der Waals surface area (Å²) in [6.07, 6.45) is 37.8. The lowest BCUT2D eigenvalue weighted by molar-refractivity contribution is -0.379. The third-order valence-electron chi connectivity index (χ3n) is 15.5. The number of carbonyl (C=O) groups is 1. The van der Waals surface area contributed by atoms with Crippen LogP contribution >= 0.6 is 0 Å². The molecule has 3 rings (SSSR count). The maximum absolute atomic E-state index is 13.4. The van der Waals surface area contributed by atoms with E-state index in [4.69, 9.17) is 28.4 Å². The lowest BCUT2D eigenvalue weighted by atomic mass is 9.96. The van der Waals surface area contributed by atoms with Crippen LogP contribution < -0.4 is 5.32 Å². The molecule has 17 unspecified atom stereocenters. The molecular formula is C68H113NO18. The van der Waals surface area contributed by atoms with Gasteiger partial charge in [-0.3, -0.25) is 4.79 Å². The highest BCUT2D eigenvalue weighted by Crippen LogP contribution is 2.33. The molecule has 3 saturated heterocycles. The van der Waals surface area contributed by atoms with E-state index >= 15 is 0 Å². The van der Waals surface area contributed by atoms with Crippen LogP contribution in [0.2, 0.25) is 0 Å². The number of hydrogen-bond acceptors (Lipinski definition) is 18. The van der Waals surface area contributed by atoms with E-state index in [0.717, 1.165) is 77.0 Å². The summed E-state index contributed by atoms with van der Waals surface area (Å²) in [5, 5.41) is 120. The van der Waals surface area contributed by atoms with Gasteiger partial charge in [-0.1, -0.05) is 187 Å². The molecular weight excluding hydrogens is 1120 g/mol. The average molecular weight is 1230 g/mol. The van der Waals surface area contributed by atoms with Crippen molar-refractivity contribution < 1.29 is 89.4 Å². The van der Waals surface area contributed by atoms with E-state index in [1.54, 1.807) is 6.08 Å². The Hall–Kier alpha value is -3.55. The first-order valence-electron chi connectivity index (χ1n) is 32.6. The molecule has 0 aromatic carbocycles. The monoisotopic (exact) mass is 1230 g/mol. The second-order valence-electron chi connectivity index (χ2n) is 22.8. The Balaban J connectivity index is 1.51. The fraction of sp³-hybridized carbons (Fsp3) is 0.721. The van der Waals surface area contributed by atoms with Crippen LogP contribution in [0.4, 0.5) is 0 Å². The Morgan fingerprint density at radius 2 is 0.805 bits per heavy atom. The Labute approximate surface area is 519 Å². The summed E-state index contributed by atoms with van der Waals surface area (Å²) in [5.41, 5.74) is 0. The SMILES string of the molecule is CC/C=C\C/C=C\C/C=C\C/C=C\C/C=C\C/C=C\CCCCC(=O)NC(COC1OC(CO)C(OC2OC(CO)C(OC3OC(CO)C(O)C(O)C3O)C(O)C2O)C(O)C1O)C(O)/C=C/CC/C=C/CC/C=C/CCCCCCCCCCCCC. The summed E-state index contributed by atoms with van der Waals surface area (Å²) in [6.45, 7) is 1.53. The Kier molecular flexibility index (Phi) is 43.9. The predicted molar refractivity (Wildman–Crippen MR) is 337 cm³/mol. The third-order valence-corrected chi connectivity index (χ3v) is 15.5. The fourth-order valence-electron chi connectivity index (χ4n) is 10.2. The minimum absolute atomic E-state index is 0.170. The van der Waals surface area contributed by atoms with Gasteiger partial charge in [0.2, 0.25) is 5.91 Å². The summed E-state index contributed by atoms with van der Waals surface area (Å²) in [6, 6.07) is -1.03. The van der Waals surface area contributed by atoms with Crippen molar-refractivity contribution in [2.45, 2.75) is 285 Å². The van der Waals surface area contributed by atoms with Crippen molar-refractivity contribution in [2.75, 3.05) is 26.4 Å². The quantitative estimate of drug-likeness (QED) is 0.0207. The summed E-state index contributed by atoms with van der Waals surface area (Å²) in [4.78, 5) is 13.4. The first-order valence-corrected chi connectivity index (χ1v) is 32.6. The number of aliphatic hydroxyl groups excluding tert-OH is 11. The van der Waals surface area contributed by atoms with Crippen LogP contribution in [0.5, 0.6) is 0 Å². The van der Waals surface area contributed by atoms with Gasteiger partial charge in [-0.15, -0.1) is 0 Å². The second-order valence-corrected chi connectivity index (χ2v) is 22.8. The molecule has 1 amide bonds. The molecule has 3 heterocycles. The molecule has 87 heavy (non-hydrogen) atoms. The van der Waals surface area contributed by atoms with Crippen LogP contribution in [0.15, 0.2) is 109 Å². The Bertz CT molecular complexity index is 2000. The van der Waals surface area contributed by atoms with Gasteiger partial charge < -0.3 is 89.9 Å². The van der Waals surface area contributed by atoms with Crippen LogP contribution in [0.1, 0.15) is 181 Å². The molecule has 0 bridgehead atoms. The molecule has 498 valence electrons. The Morgan fingerprint density at radius 1 is 0.425 bits per heavy atom. The number of unbranched alkanes of at least 4 members (excludes halogenated alkanes) is 15. The smallest absolute Gasteiger partial charge is 0.220 e. The summed E-state index contributed by atoms with van der Waals surface area (Å²) >= 11 is 0. The molecule has 0 aromatic heterocycles. The minimum atomic E-state index is -1.99. The van der Waals surface area contributed by atoms with E-state index < -0.39 is 131 Å². The fourth-order valence-corrected chi connectivity index (χ4v) is 10.2. The van der Waals surface area contributed by atoms with Crippen LogP contribution in [0.25, 0.3) is 0 Å². The number of carbonyl (C=O) groups excluding carboxylic acids is 1. The van der Waals surface area contributed by atoms with Crippen LogP contribution in [-0.2, 0) is 33.2 Å². The van der Waals surface area contributed by atoms with Crippen LogP contribution in [0, 0.1) is 0 Å². The van der Waals surface area contributed by atoms with Crippen LogP contribution in [0.3, 0.4) is 0 Å². The molecule has 0 spiro atoms. The number of nitrogens with one attached hydrogen (secondary N) is 1. The van der Waals surface area contributed by atoms with Crippen molar-refractivity contribution in [3.8, 4) is 0 Å². The zero-order chi connectivity index (χ0) is 63.3. The zero-order valence-corrected chi connectivity index (χ0v) is 52.2. The van der Waals surface area contributed by atoms with E-state index in [1.807, 2.05) is 6.08 Å². The van der Waals surface area contributed by atoms with Gasteiger partial charge in [0.25, 0.3) is 0 Å². The number of ether oxygens (including phenoxy) is 6. The molecule has 17 atom stereocenters. The predicted octanol–water partition coefficient (Wildman–Crippen LogP) is 7.49. The van der Waals surface area contributed by atoms with E-state index in [2.05, 4.69) is 116 Å². The first-order chi connectivity index (χ1) is 42.3. The zero-order valence-electron chi connectivity index (χ0n) is 52.2. The molecule has 0 saturated carbocycles. The number of aliphatic hydroxyl groups is 11. The van der Waals surface area contributed by atoms with Crippen molar-refractivity contribution in [1.82, 2.24) is 5.32 Å². The summed E-state index contributed by atoms with van der Waals surface area (Å²) in [5.74, 6) is -0.336. The highest BCUT2D eigenvalue weighted by atomic mass is 16.8. The second kappa shape index (κ2) is 49.2. The molecule has 0 aromatic rings. The molecule has 0 radical (unpaired) electrons. The van der Waals surface area contributed by atoms with E-state index in [0.29, 0.717) is 12.8 Å². The van der Waals surface area contributed by atoms with Gasteiger partial charge in [-0.25, -0.2) is 0 Å². The van der Waals surface area contributed by atoms with Gasteiger partial charge in [0.05, 0.1) is 38.6 Å². The lowest BCUT2D eigenvalue weighted by Gasteiger charge is -2.48. The minimum Gasteiger partial charge on any atom is -0.394 e. The topological polar surface area (TPSA) is 307 Å². The molecule has 0 aliphatic carbocycles. The van der Waals surface area contributed by atoms with Gasteiger partial charge >= 0.3 is 0 Å². The van der Waals surface area contributed by atoms with Crippen molar-refractivity contribution in [3.05, 3.63) is 109 Å². The molecule has 19 heteroatoms. The standard InChI is InChI=1S/C68H113NO18/c1-3-5-7-9-11-13-15-17-19-21-23-25-27-29-31-33-35-37-39-41-43-45-52(73)51(69-56(74)46-44-42-40-38-36-34-32-30-28-26-24-22-20-18-16-14-12-10-8-6-4-2)50-82-66-62(80)59(77)64(54(48-71)84-66)87-68-63(81)60(78)65(55(49-72)85-68)86-67-61(79)58(76)57(75)53(47-70)83-67/h6,8,12,14,18,20,24,26-27,29-30,32,35-38,43,45,51-55,57-68,70-73,75-81H,3-5,7,9-11,13,15-17,19,21-23,25,28,31,33-34,39-42,44,46-50H2,1-2H3,(H,69,74)/b8-6-,14-12-,20-18-,26-24-,29-27+,32-30-,37-35+,38-36-,45-43+. The third kappa shape index (κ3) is 31.8. The largest absolute Gasteiger partial charge is 0.394 e. The van der Waals surface area contributed by atoms with Crippen molar-refractivity contribution in [3.63, 3.8) is 0 Å². The highest BCUT2D eigenvalue weighted by molar-refractivity contribution is 5.76. The normalized spacial score (nSPS) is 29.3. The van der Waals surface area contributed by atoms with Crippen LogP contribution in [-0.4, -0.2) is 193 Å². The maximum atomic E-state index is 13.4. The Morgan fingerprint density at radius 3 is 1.29 bits per heavy atom. The van der Waals surface area contributed by atoms with Crippen molar-refractivity contribution in [2.24, 2.45) is 0 Å². The number of amides is 1. The van der Waals surface area contributed by atoms with E-state index in [1.165, 1.54) is 70.6 Å². The highest BCUT2D eigenvalue weighted by Gasteiger charge is 2.53. The molecule has 12 N–H and O–H groups in total. The number of hydrogen-bond donors (Lipinski definition) is 12. The summed E-state index contributed by atoms with van der Waals surface area (Å²) < 4.78 is 34.2. The molecule has 3 aliphatic heterocycles. The first kappa shape index (κ1) is 77.7. The maximum Gasteiger partial charge on any atom is 0.220 e. The van der Waals surface area contributed by atoms with E-state index in [-0.39, 0.29) is 12.3 Å².